The molecule has 0 aromatic heterocycles. The van der Waals surface area contributed by atoms with Crippen molar-refractivity contribution in [1.82, 2.24) is 0 Å². The standard InChI is InChI=1S/C67H47N/c1-4-19-49(20-5-1)66-57-27-13-10-18-47(57)36-42-58(66)48-34-40-55(41-35-48)68(65-45-51-21-11-12-26-56(51)59-28-14-15-30-61(59)65)54-38-32-46(33-39-54)50-37-43-64-62(44-50)60-29-16-17-31-63(60)67(64,52-22-6-2-7-23-52)53-24-8-3-9-25-53/h1-2,4-8,10-45H,3,9H2. The number of allylic oxidation sites excluding steroid dienone is 4. The summed E-state index contributed by atoms with van der Waals surface area (Å²) in [5.74, 6) is 0. The molecule has 1 unspecified atom stereocenters. The van der Waals surface area contributed by atoms with Crippen molar-refractivity contribution in [2.24, 2.45) is 0 Å². The summed E-state index contributed by atoms with van der Waals surface area (Å²) in [6, 6.07) is 89.8. The van der Waals surface area contributed by atoms with Gasteiger partial charge >= 0.3 is 0 Å². The maximum Gasteiger partial charge on any atom is 0.0710 e. The summed E-state index contributed by atoms with van der Waals surface area (Å²) >= 11 is 0. The van der Waals surface area contributed by atoms with Crippen LogP contribution in [-0.2, 0) is 5.41 Å². The fraction of sp³-hybridized carbons (Fsp3) is 0.0448. The van der Waals surface area contributed by atoms with Crippen molar-refractivity contribution < 1.29 is 0 Å². The van der Waals surface area contributed by atoms with Crippen molar-refractivity contribution in [1.29, 1.82) is 0 Å². The van der Waals surface area contributed by atoms with Crippen molar-refractivity contribution in [3.05, 3.63) is 283 Å². The van der Waals surface area contributed by atoms with Crippen LogP contribution < -0.4 is 4.90 Å². The second-order valence-electron chi connectivity index (χ2n) is 18.2. The van der Waals surface area contributed by atoms with Gasteiger partial charge in [0.1, 0.15) is 0 Å². The molecule has 2 aliphatic rings. The summed E-state index contributed by atoms with van der Waals surface area (Å²) in [5, 5.41) is 7.42. The van der Waals surface area contributed by atoms with Gasteiger partial charge in [0.05, 0.1) is 11.1 Å². The number of nitrogens with zero attached hydrogens (tertiary/aromatic N) is 1. The molecule has 0 spiro atoms. The first-order valence-electron chi connectivity index (χ1n) is 23.9. The molecule has 0 heterocycles. The predicted octanol–water partition coefficient (Wildman–Crippen LogP) is 18.2. The van der Waals surface area contributed by atoms with Crippen LogP contribution in [0, 0.1) is 0 Å². The maximum absolute atomic E-state index is 2.47. The highest BCUT2D eigenvalue weighted by atomic mass is 15.1. The molecule has 0 aliphatic heterocycles. The van der Waals surface area contributed by atoms with Crippen LogP contribution in [0.4, 0.5) is 17.1 Å². The molecule has 320 valence electrons. The van der Waals surface area contributed by atoms with Crippen LogP contribution in [-0.4, -0.2) is 0 Å². The minimum atomic E-state index is -0.372. The Morgan fingerprint density at radius 2 is 0.956 bits per heavy atom. The second-order valence-corrected chi connectivity index (χ2v) is 18.2. The fourth-order valence-electron chi connectivity index (χ4n) is 11.5. The van der Waals surface area contributed by atoms with Gasteiger partial charge < -0.3 is 4.90 Å². The molecular formula is C67H47N. The summed E-state index contributed by atoms with van der Waals surface area (Å²) in [6.07, 6.45) is 9.33. The van der Waals surface area contributed by atoms with Gasteiger partial charge in [0.25, 0.3) is 0 Å². The van der Waals surface area contributed by atoms with E-state index in [4.69, 9.17) is 0 Å². The predicted molar refractivity (Wildman–Crippen MR) is 288 cm³/mol. The Hall–Kier alpha value is -8.52. The third-order valence-electron chi connectivity index (χ3n) is 14.6. The minimum absolute atomic E-state index is 0.372. The second kappa shape index (κ2) is 16.4. The molecule has 0 N–H and O–H groups in total. The van der Waals surface area contributed by atoms with Gasteiger partial charge in [0, 0.05) is 16.8 Å². The molecule has 2 aliphatic carbocycles. The van der Waals surface area contributed by atoms with Crippen LogP contribution in [0.25, 0.3) is 76.8 Å². The average molecular weight is 866 g/mol. The molecule has 1 nitrogen and oxygen atoms in total. The Kier molecular flexibility index (Phi) is 9.61. The number of benzene rings is 11. The average Bonchev–Trinajstić information content (AvgIpc) is 3.72. The SMILES string of the molecule is C1=CC(C2(c3ccccc3)c3ccccc3-c3cc(-c4ccc(N(c5ccc(-c6ccc7ccccc7c6-c6ccccc6)cc5)c5cc6ccccc6c6ccccc56)cc4)ccc32)=CCC1. The van der Waals surface area contributed by atoms with E-state index in [0.29, 0.717) is 0 Å². The van der Waals surface area contributed by atoms with E-state index in [1.54, 1.807) is 0 Å². The van der Waals surface area contributed by atoms with Crippen LogP contribution in [0.1, 0.15) is 29.5 Å². The van der Waals surface area contributed by atoms with Gasteiger partial charge in [-0.25, -0.2) is 0 Å². The van der Waals surface area contributed by atoms with Gasteiger partial charge in [-0.2, -0.15) is 0 Å². The molecule has 0 saturated carbocycles. The molecule has 0 fully saturated rings. The molecular weight excluding hydrogens is 819 g/mol. The smallest absolute Gasteiger partial charge is 0.0710 e. The summed E-state index contributed by atoms with van der Waals surface area (Å²) in [6.45, 7) is 0. The Bertz CT molecular complexity index is 3770. The van der Waals surface area contributed by atoms with Crippen molar-refractivity contribution in [3.8, 4) is 44.5 Å². The highest BCUT2D eigenvalue weighted by Gasteiger charge is 2.46. The lowest BCUT2D eigenvalue weighted by Gasteiger charge is -2.35. The van der Waals surface area contributed by atoms with Crippen molar-refractivity contribution >= 4 is 49.4 Å². The molecule has 11 aromatic rings. The van der Waals surface area contributed by atoms with Gasteiger partial charge in [-0.3, -0.25) is 0 Å². The van der Waals surface area contributed by atoms with Gasteiger partial charge in [0.2, 0.25) is 0 Å². The molecule has 13 rings (SSSR count). The molecule has 68 heavy (non-hydrogen) atoms. The quantitative estimate of drug-likeness (QED) is 0.138. The molecule has 1 atom stereocenters. The minimum Gasteiger partial charge on any atom is -0.310 e. The fourth-order valence-corrected chi connectivity index (χ4v) is 11.5. The lowest BCUT2D eigenvalue weighted by molar-refractivity contribution is 0.751. The number of anilines is 3. The Morgan fingerprint density at radius 3 is 1.71 bits per heavy atom. The molecule has 0 saturated heterocycles. The lowest BCUT2D eigenvalue weighted by atomic mass is 9.66. The van der Waals surface area contributed by atoms with E-state index in [0.717, 1.165) is 29.9 Å². The van der Waals surface area contributed by atoms with Crippen molar-refractivity contribution in [3.63, 3.8) is 0 Å². The number of hydrogen-bond acceptors (Lipinski definition) is 1. The first-order valence-corrected chi connectivity index (χ1v) is 23.9. The van der Waals surface area contributed by atoms with Crippen LogP contribution in [0.3, 0.4) is 0 Å². The van der Waals surface area contributed by atoms with Crippen molar-refractivity contribution in [2.75, 3.05) is 4.90 Å². The first-order chi connectivity index (χ1) is 33.7. The highest BCUT2D eigenvalue weighted by Crippen LogP contribution is 2.58. The Balaban J connectivity index is 0.944. The summed E-state index contributed by atoms with van der Waals surface area (Å²) in [4.78, 5) is 2.44. The number of hydrogen-bond donors (Lipinski definition) is 0. The van der Waals surface area contributed by atoms with Crippen LogP contribution in [0.5, 0.6) is 0 Å². The third kappa shape index (κ3) is 6.38. The van der Waals surface area contributed by atoms with E-state index < -0.39 is 0 Å². The zero-order valence-corrected chi connectivity index (χ0v) is 37.7. The summed E-state index contributed by atoms with van der Waals surface area (Å²) in [5.41, 5.74) is 18.2. The van der Waals surface area contributed by atoms with E-state index in [1.807, 2.05) is 0 Å². The zero-order chi connectivity index (χ0) is 45.0. The highest BCUT2D eigenvalue weighted by molar-refractivity contribution is 6.14. The van der Waals surface area contributed by atoms with E-state index in [1.165, 1.54) is 99.1 Å². The van der Waals surface area contributed by atoms with Gasteiger partial charge in [-0.05, 0) is 143 Å². The van der Waals surface area contributed by atoms with Crippen LogP contribution in [0.2, 0.25) is 0 Å². The monoisotopic (exact) mass is 865 g/mol. The molecule has 1 heteroatoms. The van der Waals surface area contributed by atoms with Crippen molar-refractivity contribution in [2.45, 2.75) is 18.3 Å². The van der Waals surface area contributed by atoms with Gasteiger partial charge in [-0.1, -0.05) is 224 Å². The van der Waals surface area contributed by atoms with E-state index in [-0.39, 0.29) is 5.41 Å². The van der Waals surface area contributed by atoms with E-state index in [2.05, 4.69) is 266 Å². The normalized spacial score (nSPS) is 15.0. The topological polar surface area (TPSA) is 3.24 Å². The number of rotatable bonds is 8. The largest absolute Gasteiger partial charge is 0.310 e. The maximum atomic E-state index is 2.47. The molecule has 11 aromatic carbocycles. The van der Waals surface area contributed by atoms with E-state index in [9.17, 15) is 0 Å². The van der Waals surface area contributed by atoms with Crippen LogP contribution in [0.15, 0.2) is 266 Å². The summed E-state index contributed by atoms with van der Waals surface area (Å²) < 4.78 is 0. The van der Waals surface area contributed by atoms with Crippen LogP contribution >= 0.6 is 0 Å². The third-order valence-corrected chi connectivity index (χ3v) is 14.6. The van der Waals surface area contributed by atoms with Gasteiger partial charge in [0.15, 0.2) is 0 Å². The Labute approximate surface area is 398 Å². The number of fused-ring (bicyclic) bond motifs is 7. The molecule has 0 radical (unpaired) electrons. The zero-order valence-electron chi connectivity index (χ0n) is 37.7. The first kappa shape index (κ1) is 39.8. The Morgan fingerprint density at radius 1 is 0.353 bits per heavy atom. The lowest BCUT2D eigenvalue weighted by Crippen LogP contribution is -2.29. The molecule has 0 bridgehead atoms. The van der Waals surface area contributed by atoms with E-state index >= 15 is 0 Å². The van der Waals surface area contributed by atoms with Gasteiger partial charge in [-0.15, -0.1) is 0 Å². The molecule has 0 amide bonds. The summed E-state index contributed by atoms with van der Waals surface area (Å²) in [7, 11) is 0.